The Balaban J connectivity index is 2.24. The number of hydrogen-bond acceptors (Lipinski definition) is 4. The van der Waals surface area contributed by atoms with Gasteiger partial charge in [0.2, 0.25) is 15.9 Å². The molecular formula is C20H23ClFN3O4S. The van der Waals surface area contributed by atoms with Gasteiger partial charge >= 0.3 is 0 Å². The first-order valence-electron chi connectivity index (χ1n) is 9.15. The van der Waals surface area contributed by atoms with E-state index in [1.165, 1.54) is 6.07 Å². The lowest BCUT2D eigenvalue weighted by Gasteiger charge is -2.22. The minimum atomic E-state index is -3.87. The molecule has 0 aliphatic rings. The van der Waals surface area contributed by atoms with Crippen LogP contribution in [0.1, 0.15) is 30.6 Å². The molecule has 0 spiro atoms. The van der Waals surface area contributed by atoms with Gasteiger partial charge in [0.15, 0.2) is 0 Å². The predicted molar refractivity (Wildman–Crippen MR) is 116 cm³/mol. The minimum Gasteiger partial charge on any atom is -0.350 e. The van der Waals surface area contributed by atoms with E-state index in [1.807, 2.05) is 13.8 Å². The summed E-state index contributed by atoms with van der Waals surface area (Å²) >= 11 is 5.74. The summed E-state index contributed by atoms with van der Waals surface area (Å²) in [4.78, 5) is 25.1. The smallest absolute Gasteiger partial charge is 0.253 e. The Morgan fingerprint density at radius 1 is 1.20 bits per heavy atom. The Bertz CT molecular complexity index is 1050. The average molecular weight is 456 g/mol. The minimum absolute atomic E-state index is 0.0434. The molecule has 0 saturated heterocycles. The number of hydrogen-bond donors (Lipinski definition) is 2. The molecule has 7 nitrogen and oxygen atoms in total. The maximum absolute atomic E-state index is 13.4. The molecule has 2 aromatic rings. The van der Waals surface area contributed by atoms with Crippen molar-refractivity contribution in [2.75, 3.05) is 22.4 Å². The molecule has 0 aliphatic carbocycles. The van der Waals surface area contributed by atoms with Crippen LogP contribution >= 0.6 is 11.6 Å². The van der Waals surface area contributed by atoms with E-state index in [0.717, 1.165) is 29.1 Å². The molecule has 0 saturated carbocycles. The van der Waals surface area contributed by atoms with Crippen molar-refractivity contribution in [3.63, 3.8) is 0 Å². The van der Waals surface area contributed by atoms with Crippen LogP contribution in [0.15, 0.2) is 42.5 Å². The Labute approximate surface area is 180 Å². The summed E-state index contributed by atoms with van der Waals surface area (Å²) in [5, 5.41) is 5.11. The lowest BCUT2D eigenvalue weighted by molar-refractivity contribution is -0.114. The first-order valence-corrected chi connectivity index (χ1v) is 11.4. The third-order valence-corrected chi connectivity index (χ3v) is 5.74. The molecule has 0 aromatic heterocycles. The lowest BCUT2D eigenvalue weighted by Crippen LogP contribution is -2.38. The van der Waals surface area contributed by atoms with E-state index in [2.05, 4.69) is 10.6 Å². The van der Waals surface area contributed by atoms with Gasteiger partial charge in [-0.2, -0.15) is 0 Å². The number of nitrogens with zero attached hydrogens (tertiary/aromatic N) is 1. The summed E-state index contributed by atoms with van der Waals surface area (Å²) in [6.45, 7) is 3.21. The van der Waals surface area contributed by atoms with Crippen LogP contribution in [0.2, 0.25) is 5.02 Å². The standard InChI is InChI=1S/C20H23ClFN3O4S/c1-4-13(2)23-20(27)15-7-5-6-8-18(15)24-19(26)12-25(30(3,28)29)14-9-10-17(22)16(21)11-14/h5-11,13H,4,12H2,1-3H3,(H,23,27)(H,24,26)/t13-/m0/s1. The highest BCUT2D eigenvalue weighted by Gasteiger charge is 2.23. The molecule has 0 aliphatic heterocycles. The molecule has 162 valence electrons. The van der Waals surface area contributed by atoms with Gasteiger partial charge < -0.3 is 10.6 Å². The van der Waals surface area contributed by atoms with Crippen molar-refractivity contribution in [1.82, 2.24) is 5.32 Å². The number of sulfonamides is 1. The second kappa shape index (κ2) is 9.90. The first kappa shape index (κ1) is 23.6. The molecule has 2 rings (SSSR count). The van der Waals surface area contributed by atoms with Gasteiger partial charge in [0.1, 0.15) is 12.4 Å². The van der Waals surface area contributed by atoms with Crippen LogP contribution in [0.4, 0.5) is 15.8 Å². The average Bonchev–Trinajstić information content (AvgIpc) is 2.67. The van der Waals surface area contributed by atoms with E-state index < -0.39 is 28.3 Å². The number of nitrogens with one attached hydrogen (secondary N) is 2. The van der Waals surface area contributed by atoms with Crippen LogP contribution in [0.25, 0.3) is 0 Å². The highest BCUT2D eigenvalue weighted by atomic mass is 35.5. The Morgan fingerprint density at radius 2 is 1.87 bits per heavy atom. The number of benzene rings is 2. The van der Waals surface area contributed by atoms with Crippen molar-refractivity contribution in [2.45, 2.75) is 26.3 Å². The van der Waals surface area contributed by atoms with Gasteiger partial charge in [0, 0.05) is 6.04 Å². The quantitative estimate of drug-likeness (QED) is 0.637. The summed E-state index contributed by atoms with van der Waals surface area (Å²) in [5.74, 6) is -1.74. The van der Waals surface area contributed by atoms with Crippen molar-refractivity contribution in [3.8, 4) is 0 Å². The Hall–Kier alpha value is -2.65. The SMILES string of the molecule is CC[C@H](C)NC(=O)c1ccccc1NC(=O)CN(c1ccc(F)c(Cl)c1)S(C)(=O)=O. The molecule has 2 amide bonds. The summed E-state index contributed by atoms with van der Waals surface area (Å²) in [7, 11) is -3.87. The Kier molecular flexibility index (Phi) is 7.80. The van der Waals surface area contributed by atoms with Crippen LogP contribution in [0.3, 0.4) is 0 Å². The monoisotopic (exact) mass is 455 g/mol. The molecule has 30 heavy (non-hydrogen) atoms. The van der Waals surface area contributed by atoms with E-state index in [9.17, 15) is 22.4 Å². The second-order valence-corrected chi connectivity index (χ2v) is 9.06. The number of carbonyl (C=O) groups is 2. The zero-order valence-corrected chi connectivity index (χ0v) is 18.3. The third kappa shape index (κ3) is 6.17. The van der Waals surface area contributed by atoms with Crippen LogP contribution in [0, 0.1) is 5.82 Å². The fraction of sp³-hybridized carbons (Fsp3) is 0.300. The zero-order valence-electron chi connectivity index (χ0n) is 16.8. The van der Waals surface area contributed by atoms with E-state index in [-0.39, 0.29) is 33.9 Å². The summed E-state index contributed by atoms with van der Waals surface area (Å²) in [5.41, 5.74) is 0.539. The molecular weight excluding hydrogens is 433 g/mol. The van der Waals surface area contributed by atoms with E-state index in [4.69, 9.17) is 11.6 Å². The van der Waals surface area contributed by atoms with Crippen LogP contribution in [0.5, 0.6) is 0 Å². The summed E-state index contributed by atoms with van der Waals surface area (Å²) < 4.78 is 38.6. The van der Waals surface area contributed by atoms with Gasteiger partial charge in [-0.1, -0.05) is 30.7 Å². The highest BCUT2D eigenvalue weighted by molar-refractivity contribution is 7.92. The summed E-state index contributed by atoms with van der Waals surface area (Å²) in [6.07, 6.45) is 1.66. The number of anilines is 2. The summed E-state index contributed by atoms with van der Waals surface area (Å²) in [6, 6.07) is 9.70. The number of rotatable bonds is 8. The topological polar surface area (TPSA) is 95.6 Å². The molecule has 2 N–H and O–H groups in total. The van der Waals surface area contributed by atoms with Gasteiger partial charge in [0.25, 0.3) is 5.91 Å². The van der Waals surface area contributed by atoms with Gasteiger partial charge in [-0.3, -0.25) is 13.9 Å². The van der Waals surface area contributed by atoms with Gasteiger partial charge in [-0.05, 0) is 43.7 Å². The molecule has 0 radical (unpaired) electrons. The number of para-hydroxylation sites is 1. The first-order chi connectivity index (χ1) is 14.0. The number of amides is 2. The molecule has 0 heterocycles. The zero-order chi connectivity index (χ0) is 22.5. The van der Waals surface area contributed by atoms with E-state index >= 15 is 0 Å². The van der Waals surface area contributed by atoms with Gasteiger partial charge in [-0.25, -0.2) is 12.8 Å². The maximum atomic E-state index is 13.4. The van der Waals surface area contributed by atoms with E-state index in [1.54, 1.807) is 24.3 Å². The fourth-order valence-corrected chi connectivity index (χ4v) is 3.58. The molecule has 0 unspecified atom stereocenters. The van der Waals surface area contributed by atoms with Crippen molar-refractivity contribution < 1.29 is 22.4 Å². The van der Waals surface area contributed by atoms with E-state index in [0.29, 0.717) is 0 Å². The molecule has 2 aromatic carbocycles. The highest BCUT2D eigenvalue weighted by Crippen LogP contribution is 2.24. The van der Waals surface area contributed by atoms with Crippen molar-refractivity contribution in [3.05, 3.63) is 58.9 Å². The normalized spacial score (nSPS) is 12.2. The van der Waals surface area contributed by atoms with Crippen LogP contribution in [-0.4, -0.2) is 39.1 Å². The largest absolute Gasteiger partial charge is 0.350 e. The van der Waals surface area contributed by atoms with Crippen molar-refractivity contribution in [2.24, 2.45) is 0 Å². The van der Waals surface area contributed by atoms with Crippen LogP contribution < -0.4 is 14.9 Å². The van der Waals surface area contributed by atoms with Gasteiger partial charge in [0.05, 0.1) is 28.2 Å². The maximum Gasteiger partial charge on any atom is 0.253 e. The molecule has 10 heteroatoms. The second-order valence-electron chi connectivity index (χ2n) is 6.74. The molecule has 0 fully saturated rings. The predicted octanol–water partition coefficient (Wildman–Crippen LogP) is 3.41. The number of halogens is 2. The molecule has 0 bridgehead atoms. The third-order valence-electron chi connectivity index (χ3n) is 4.31. The van der Waals surface area contributed by atoms with Gasteiger partial charge in [-0.15, -0.1) is 0 Å². The number of carbonyl (C=O) groups excluding carboxylic acids is 2. The molecule has 1 atom stereocenters. The lowest BCUT2D eigenvalue weighted by atomic mass is 10.1. The Morgan fingerprint density at radius 3 is 2.47 bits per heavy atom. The van der Waals surface area contributed by atoms with Crippen LogP contribution in [-0.2, 0) is 14.8 Å². The van der Waals surface area contributed by atoms with Crippen molar-refractivity contribution in [1.29, 1.82) is 0 Å². The van der Waals surface area contributed by atoms with Crippen molar-refractivity contribution >= 4 is 44.8 Å². The fourth-order valence-electron chi connectivity index (χ4n) is 2.55.